The summed E-state index contributed by atoms with van der Waals surface area (Å²) in [5.41, 5.74) is 5.08. The molecule has 1 rings (SSSR count). The number of aliphatic hydroxyl groups excluding tert-OH is 1. The monoisotopic (exact) mass is 225 g/mol. The molecule has 1 aromatic carbocycles. The number of benzene rings is 1. The van der Waals surface area contributed by atoms with Gasteiger partial charge in [-0.1, -0.05) is 12.1 Å². The summed E-state index contributed by atoms with van der Waals surface area (Å²) in [4.78, 5) is 22.0. The van der Waals surface area contributed by atoms with Crippen molar-refractivity contribution in [3.05, 3.63) is 29.8 Å². The van der Waals surface area contributed by atoms with Crippen LogP contribution < -0.4 is 10.5 Å². The van der Waals surface area contributed by atoms with Gasteiger partial charge >= 0.3 is 11.9 Å². The molecule has 4 N–H and O–H groups in total. The summed E-state index contributed by atoms with van der Waals surface area (Å²) >= 11 is 0. The molecule has 0 bridgehead atoms. The molecule has 6 nitrogen and oxygen atoms in total. The van der Waals surface area contributed by atoms with Gasteiger partial charge in [0.2, 0.25) is 0 Å². The maximum Gasteiger partial charge on any atom is 0.339 e. The number of carboxylic acid groups (broad SMARTS) is 1. The molecular weight excluding hydrogens is 214 g/mol. The number of nitrogens with two attached hydrogens (primary N) is 1. The summed E-state index contributed by atoms with van der Waals surface area (Å²) in [5, 5.41) is 17.4. The number of ether oxygens (including phenoxy) is 1. The molecule has 0 radical (unpaired) electrons. The first-order valence-corrected chi connectivity index (χ1v) is 4.46. The second-order valence-electron chi connectivity index (χ2n) is 3.01. The zero-order valence-corrected chi connectivity index (χ0v) is 8.29. The summed E-state index contributed by atoms with van der Waals surface area (Å²) in [5.74, 6) is -2.18. The molecule has 0 aliphatic rings. The lowest BCUT2D eigenvalue weighted by Gasteiger charge is -2.10. The van der Waals surface area contributed by atoms with E-state index in [1.54, 1.807) is 0 Å². The first-order chi connectivity index (χ1) is 7.56. The highest BCUT2D eigenvalue weighted by Crippen LogP contribution is 2.18. The van der Waals surface area contributed by atoms with Crippen LogP contribution in [0.1, 0.15) is 10.4 Å². The minimum atomic E-state index is -1.21. The van der Waals surface area contributed by atoms with Gasteiger partial charge in [-0.3, -0.25) is 0 Å². The van der Waals surface area contributed by atoms with E-state index in [9.17, 15) is 9.59 Å². The zero-order valence-electron chi connectivity index (χ0n) is 8.29. The highest BCUT2D eigenvalue weighted by Gasteiger charge is 2.18. The standard InChI is InChI=1S/C10H11NO5/c11-7(5-12)10(15)16-8-4-2-1-3-6(8)9(13)14/h1-4,7,12H,5,11H2,(H,13,14)/t7-/m0/s1. The Morgan fingerprint density at radius 3 is 2.56 bits per heavy atom. The van der Waals surface area contributed by atoms with Crippen molar-refractivity contribution in [2.75, 3.05) is 6.61 Å². The number of carboxylic acids is 1. The summed E-state index contributed by atoms with van der Waals surface area (Å²) in [6.45, 7) is -0.561. The lowest BCUT2D eigenvalue weighted by atomic mass is 10.2. The van der Waals surface area contributed by atoms with Crippen LogP contribution in [0.3, 0.4) is 0 Å². The third kappa shape index (κ3) is 2.78. The van der Waals surface area contributed by atoms with Crippen LogP contribution in [0.4, 0.5) is 0 Å². The third-order valence-electron chi connectivity index (χ3n) is 1.83. The smallest absolute Gasteiger partial charge is 0.339 e. The number of carbonyl (C=O) groups is 2. The molecule has 0 aliphatic carbocycles. The third-order valence-corrected chi connectivity index (χ3v) is 1.83. The lowest BCUT2D eigenvalue weighted by molar-refractivity contribution is -0.136. The second kappa shape index (κ2) is 5.24. The van der Waals surface area contributed by atoms with Gasteiger partial charge < -0.3 is 20.7 Å². The number of hydrogen-bond donors (Lipinski definition) is 3. The van der Waals surface area contributed by atoms with Gasteiger partial charge in [0, 0.05) is 0 Å². The molecule has 0 amide bonds. The summed E-state index contributed by atoms with van der Waals surface area (Å²) < 4.78 is 4.75. The Bertz CT molecular complexity index is 404. The van der Waals surface area contributed by atoms with Crippen molar-refractivity contribution >= 4 is 11.9 Å². The fourth-order valence-electron chi connectivity index (χ4n) is 0.991. The van der Waals surface area contributed by atoms with E-state index in [2.05, 4.69) is 0 Å². The number of esters is 1. The number of aromatic carboxylic acids is 1. The van der Waals surface area contributed by atoms with Crippen LogP contribution in [0.2, 0.25) is 0 Å². The van der Waals surface area contributed by atoms with Gasteiger partial charge in [-0.2, -0.15) is 0 Å². The van der Waals surface area contributed by atoms with E-state index in [1.807, 2.05) is 0 Å². The molecular formula is C10H11NO5. The van der Waals surface area contributed by atoms with Crippen LogP contribution in [0.15, 0.2) is 24.3 Å². The van der Waals surface area contributed by atoms with E-state index in [0.717, 1.165) is 0 Å². The molecule has 0 aromatic heterocycles. The van der Waals surface area contributed by atoms with Gasteiger partial charge in [0.05, 0.1) is 6.61 Å². The van der Waals surface area contributed by atoms with E-state index in [0.29, 0.717) is 0 Å². The molecule has 1 atom stereocenters. The minimum absolute atomic E-state index is 0.0936. The van der Waals surface area contributed by atoms with Crippen molar-refractivity contribution in [1.29, 1.82) is 0 Å². The van der Waals surface area contributed by atoms with Gasteiger partial charge in [0.1, 0.15) is 17.4 Å². The maximum atomic E-state index is 11.2. The van der Waals surface area contributed by atoms with Gasteiger partial charge in [0.25, 0.3) is 0 Å². The Morgan fingerprint density at radius 1 is 1.38 bits per heavy atom. The molecule has 16 heavy (non-hydrogen) atoms. The number of hydrogen-bond acceptors (Lipinski definition) is 5. The van der Waals surface area contributed by atoms with Crippen LogP contribution in [0, 0.1) is 0 Å². The fraction of sp³-hybridized carbons (Fsp3) is 0.200. The topological polar surface area (TPSA) is 110 Å². The van der Waals surface area contributed by atoms with E-state index >= 15 is 0 Å². The Balaban J connectivity index is 2.89. The molecule has 0 fully saturated rings. The van der Waals surface area contributed by atoms with E-state index in [1.165, 1.54) is 24.3 Å². The normalized spacial score (nSPS) is 11.9. The largest absolute Gasteiger partial charge is 0.478 e. The SMILES string of the molecule is N[C@@H](CO)C(=O)Oc1ccccc1C(=O)O. The Kier molecular flexibility index (Phi) is 3.98. The van der Waals surface area contributed by atoms with Crippen LogP contribution in [-0.4, -0.2) is 34.8 Å². The fourth-order valence-corrected chi connectivity index (χ4v) is 0.991. The predicted molar refractivity (Wildman–Crippen MR) is 54.1 cm³/mol. The predicted octanol–water partition coefficient (Wildman–Crippen LogP) is -0.390. The number of para-hydroxylation sites is 1. The Hall–Kier alpha value is -1.92. The van der Waals surface area contributed by atoms with Gasteiger partial charge in [0.15, 0.2) is 0 Å². The van der Waals surface area contributed by atoms with Gasteiger partial charge in [-0.05, 0) is 12.1 Å². The zero-order chi connectivity index (χ0) is 12.1. The van der Waals surface area contributed by atoms with Crippen LogP contribution in [0.25, 0.3) is 0 Å². The number of rotatable bonds is 4. The maximum absolute atomic E-state index is 11.2. The molecule has 6 heteroatoms. The van der Waals surface area contributed by atoms with Crippen molar-refractivity contribution in [1.82, 2.24) is 0 Å². The minimum Gasteiger partial charge on any atom is -0.478 e. The second-order valence-corrected chi connectivity index (χ2v) is 3.01. The van der Waals surface area contributed by atoms with Crippen LogP contribution in [-0.2, 0) is 4.79 Å². The number of carbonyl (C=O) groups excluding carboxylic acids is 1. The molecule has 1 aromatic rings. The molecule has 0 saturated carbocycles. The van der Waals surface area contributed by atoms with E-state index in [4.69, 9.17) is 20.7 Å². The van der Waals surface area contributed by atoms with Gasteiger partial charge in [-0.25, -0.2) is 9.59 Å². The van der Waals surface area contributed by atoms with Crippen LogP contribution >= 0.6 is 0 Å². The average Bonchev–Trinajstić information content (AvgIpc) is 2.28. The Labute approximate surface area is 91.3 Å². The summed E-state index contributed by atoms with van der Waals surface area (Å²) in [6, 6.07) is 4.49. The number of aliphatic hydroxyl groups is 1. The van der Waals surface area contributed by atoms with Crippen molar-refractivity contribution in [3.63, 3.8) is 0 Å². The first kappa shape index (κ1) is 12.2. The quantitative estimate of drug-likeness (QED) is 0.475. The molecule has 0 spiro atoms. The van der Waals surface area contributed by atoms with E-state index in [-0.39, 0.29) is 11.3 Å². The Morgan fingerprint density at radius 2 is 2.00 bits per heavy atom. The highest BCUT2D eigenvalue weighted by molar-refractivity contribution is 5.92. The molecule has 0 saturated heterocycles. The van der Waals surface area contributed by atoms with Crippen LogP contribution in [0.5, 0.6) is 5.75 Å². The summed E-state index contributed by atoms with van der Waals surface area (Å²) in [6.07, 6.45) is 0. The van der Waals surface area contributed by atoms with Crippen molar-refractivity contribution < 1.29 is 24.5 Å². The van der Waals surface area contributed by atoms with Crippen molar-refractivity contribution in [2.24, 2.45) is 5.73 Å². The average molecular weight is 225 g/mol. The summed E-state index contributed by atoms with van der Waals surface area (Å²) in [7, 11) is 0. The van der Waals surface area contributed by atoms with Gasteiger partial charge in [-0.15, -0.1) is 0 Å². The first-order valence-electron chi connectivity index (χ1n) is 4.46. The lowest BCUT2D eigenvalue weighted by Crippen LogP contribution is -2.37. The van der Waals surface area contributed by atoms with Crippen molar-refractivity contribution in [2.45, 2.75) is 6.04 Å². The molecule has 0 unspecified atom stereocenters. The highest BCUT2D eigenvalue weighted by atomic mass is 16.5. The molecule has 0 heterocycles. The van der Waals surface area contributed by atoms with E-state index < -0.39 is 24.6 Å². The van der Waals surface area contributed by atoms with Crippen molar-refractivity contribution in [3.8, 4) is 5.75 Å². The molecule has 0 aliphatic heterocycles. The molecule has 86 valence electrons.